The minimum absolute atomic E-state index is 0.718. The molecule has 0 saturated carbocycles. The van der Waals surface area contributed by atoms with E-state index in [0.29, 0.717) is 0 Å². The van der Waals surface area contributed by atoms with Crippen molar-refractivity contribution in [1.29, 1.82) is 0 Å². The lowest BCUT2D eigenvalue weighted by atomic mass is 9.96. The van der Waals surface area contributed by atoms with Crippen LogP contribution < -0.4 is 10.6 Å². The van der Waals surface area contributed by atoms with Gasteiger partial charge in [-0.05, 0) is 51.6 Å². The molecule has 3 heterocycles. The van der Waals surface area contributed by atoms with E-state index in [4.69, 9.17) is 5.73 Å². The van der Waals surface area contributed by atoms with Crippen LogP contribution in [0.3, 0.4) is 0 Å². The molecule has 0 aromatic carbocycles. The van der Waals surface area contributed by atoms with Crippen LogP contribution in [0.2, 0.25) is 0 Å². The third kappa shape index (κ3) is 2.86. The normalized spacial score (nSPS) is 22.3. The molecule has 0 atom stereocenters. The standard InChI is InChI=1S/C14H25N5/c1-11-16-13(15)14(17-11)19-8-4-12(5-9-19)10-18-6-2-3-7-18/h12H,2-10,15H2,1H3,(H,16,17). The molecule has 1 aromatic heterocycles. The third-order valence-electron chi connectivity index (χ3n) is 4.46. The first-order valence-electron chi connectivity index (χ1n) is 7.52. The number of likely N-dealkylation sites (tertiary alicyclic amines) is 1. The van der Waals surface area contributed by atoms with Crippen LogP contribution in [0.4, 0.5) is 11.6 Å². The number of aromatic nitrogens is 2. The molecule has 5 nitrogen and oxygen atoms in total. The Hall–Kier alpha value is -1.23. The Labute approximate surface area is 115 Å². The summed E-state index contributed by atoms with van der Waals surface area (Å²) < 4.78 is 0. The van der Waals surface area contributed by atoms with Crippen LogP contribution in [0.15, 0.2) is 0 Å². The van der Waals surface area contributed by atoms with Crippen LogP contribution in [0, 0.1) is 12.8 Å². The topological polar surface area (TPSA) is 61.2 Å². The average molecular weight is 263 g/mol. The van der Waals surface area contributed by atoms with Gasteiger partial charge in [-0.3, -0.25) is 0 Å². The number of rotatable bonds is 3. The molecule has 0 amide bonds. The molecule has 2 aliphatic heterocycles. The number of anilines is 2. The largest absolute Gasteiger partial charge is 0.382 e. The highest BCUT2D eigenvalue weighted by molar-refractivity contribution is 5.59. The molecule has 106 valence electrons. The Morgan fingerprint density at radius 3 is 2.47 bits per heavy atom. The summed E-state index contributed by atoms with van der Waals surface area (Å²) in [7, 11) is 0. The molecule has 19 heavy (non-hydrogen) atoms. The number of hydrogen-bond acceptors (Lipinski definition) is 4. The van der Waals surface area contributed by atoms with Crippen molar-refractivity contribution in [2.24, 2.45) is 5.92 Å². The molecule has 3 rings (SSSR count). The molecule has 0 radical (unpaired) electrons. The van der Waals surface area contributed by atoms with Gasteiger partial charge in [0.05, 0.1) is 0 Å². The number of imidazole rings is 1. The van der Waals surface area contributed by atoms with Gasteiger partial charge in [0.15, 0.2) is 5.82 Å². The number of hydrogen-bond donors (Lipinski definition) is 2. The fraction of sp³-hybridized carbons (Fsp3) is 0.786. The van der Waals surface area contributed by atoms with Crippen molar-refractivity contribution in [2.75, 3.05) is 43.4 Å². The highest BCUT2D eigenvalue weighted by Gasteiger charge is 2.24. The van der Waals surface area contributed by atoms with E-state index in [1.165, 1.54) is 45.3 Å². The Morgan fingerprint density at radius 2 is 1.89 bits per heavy atom. The molecule has 0 aliphatic carbocycles. The first-order valence-corrected chi connectivity index (χ1v) is 7.52. The first kappa shape index (κ1) is 12.8. The van der Waals surface area contributed by atoms with Gasteiger partial charge in [-0.15, -0.1) is 0 Å². The van der Waals surface area contributed by atoms with Crippen LogP contribution in [-0.2, 0) is 0 Å². The summed E-state index contributed by atoms with van der Waals surface area (Å²) in [6, 6.07) is 0. The maximum absolute atomic E-state index is 5.97. The van der Waals surface area contributed by atoms with Gasteiger partial charge in [0.1, 0.15) is 11.6 Å². The van der Waals surface area contributed by atoms with E-state index < -0.39 is 0 Å². The predicted molar refractivity (Wildman–Crippen MR) is 78.3 cm³/mol. The number of H-pyrrole nitrogens is 1. The zero-order valence-corrected chi connectivity index (χ0v) is 11.9. The van der Waals surface area contributed by atoms with Gasteiger partial charge >= 0.3 is 0 Å². The number of nitrogens with one attached hydrogen (secondary N) is 1. The molecule has 2 saturated heterocycles. The van der Waals surface area contributed by atoms with Crippen LogP contribution in [-0.4, -0.2) is 47.6 Å². The Balaban J connectivity index is 1.52. The molecule has 3 N–H and O–H groups in total. The third-order valence-corrected chi connectivity index (χ3v) is 4.46. The van der Waals surface area contributed by atoms with E-state index in [-0.39, 0.29) is 0 Å². The van der Waals surface area contributed by atoms with Crippen LogP contribution in [0.25, 0.3) is 0 Å². The van der Waals surface area contributed by atoms with Gasteiger partial charge in [0.2, 0.25) is 0 Å². The first-order chi connectivity index (χ1) is 9.22. The predicted octanol–water partition coefficient (Wildman–Crippen LogP) is 1.61. The second-order valence-corrected chi connectivity index (χ2v) is 6.00. The number of aromatic amines is 1. The fourth-order valence-electron chi connectivity index (χ4n) is 3.40. The van der Waals surface area contributed by atoms with Gasteiger partial charge < -0.3 is 20.5 Å². The average Bonchev–Trinajstić information content (AvgIpc) is 3.00. The van der Waals surface area contributed by atoms with E-state index in [1.807, 2.05) is 6.92 Å². The Morgan fingerprint density at radius 1 is 1.21 bits per heavy atom. The zero-order valence-electron chi connectivity index (χ0n) is 11.9. The van der Waals surface area contributed by atoms with Crippen LogP contribution in [0.5, 0.6) is 0 Å². The van der Waals surface area contributed by atoms with Crippen LogP contribution in [0.1, 0.15) is 31.5 Å². The summed E-state index contributed by atoms with van der Waals surface area (Å²) >= 11 is 0. The molecule has 0 bridgehead atoms. The summed E-state index contributed by atoms with van der Waals surface area (Å²) in [5.41, 5.74) is 5.97. The summed E-state index contributed by atoms with van der Waals surface area (Å²) in [4.78, 5) is 12.6. The number of nitrogen functional groups attached to an aromatic ring is 1. The summed E-state index contributed by atoms with van der Waals surface area (Å²) in [5, 5.41) is 0. The summed E-state index contributed by atoms with van der Waals surface area (Å²) in [6.07, 6.45) is 5.31. The number of nitrogens with two attached hydrogens (primary N) is 1. The number of piperidine rings is 1. The maximum atomic E-state index is 5.97. The van der Waals surface area contributed by atoms with Gasteiger partial charge in [0.25, 0.3) is 0 Å². The smallest absolute Gasteiger partial charge is 0.171 e. The molecule has 5 heteroatoms. The second-order valence-electron chi connectivity index (χ2n) is 6.00. The molecule has 2 fully saturated rings. The lowest BCUT2D eigenvalue weighted by Crippen LogP contribution is -2.38. The van der Waals surface area contributed by atoms with E-state index in [0.717, 1.165) is 36.5 Å². The lowest BCUT2D eigenvalue weighted by Gasteiger charge is -2.34. The summed E-state index contributed by atoms with van der Waals surface area (Å²) in [5.74, 6) is 3.44. The van der Waals surface area contributed by atoms with E-state index in [9.17, 15) is 0 Å². The molecule has 0 spiro atoms. The van der Waals surface area contributed by atoms with Crippen molar-refractivity contribution in [2.45, 2.75) is 32.6 Å². The molecule has 2 aliphatic rings. The van der Waals surface area contributed by atoms with Crippen molar-refractivity contribution < 1.29 is 0 Å². The zero-order chi connectivity index (χ0) is 13.2. The quantitative estimate of drug-likeness (QED) is 0.870. The van der Waals surface area contributed by atoms with Crippen molar-refractivity contribution in [3.8, 4) is 0 Å². The minimum Gasteiger partial charge on any atom is -0.382 e. The van der Waals surface area contributed by atoms with Crippen molar-refractivity contribution in [1.82, 2.24) is 14.9 Å². The monoisotopic (exact) mass is 263 g/mol. The van der Waals surface area contributed by atoms with E-state index >= 15 is 0 Å². The number of nitrogens with zero attached hydrogens (tertiary/aromatic N) is 3. The van der Waals surface area contributed by atoms with Crippen molar-refractivity contribution in [3.05, 3.63) is 5.82 Å². The van der Waals surface area contributed by atoms with Gasteiger partial charge in [-0.25, -0.2) is 4.98 Å². The molecular formula is C14H25N5. The van der Waals surface area contributed by atoms with Crippen molar-refractivity contribution >= 4 is 11.6 Å². The Bertz CT molecular complexity index is 413. The maximum Gasteiger partial charge on any atom is 0.171 e. The SMILES string of the molecule is Cc1nc(N2CCC(CN3CCCC3)CC2)c(N)[nH]1. The fourth-order valence-corrected chi connectivity index (χ4v) is 3.40. The number of aryl methyl sites for hydroxylation is 1. The molecule has 0 unspecified atom stereocenters. The minimum atomic E-state index is 0.718. The molecule has 1 aromatic rings. The van der Waals surface area contributed by atoms with Gasteiger partial charge in [-0.2, -0.15) is 0 Å². The highest BCUT2D eigenvalue weighted by atomic mass is 15.2. The van der Waals surface area contributed by atoms with E-state index in [1.54, 1.807) is 0 Å². The van der Waals surface area contributed by atoms with Crippen molar-refractivity contribution in [3.63, 3.8) is 0 Å². The lowest BCUT2D eigenvalue weighted by molar-refractivity contribution is 0.249. The molecular weight excluding hydrogens is 238 g/mol. The Kier molecular flexibility index (Phi) is 3.64. The van der Waals surface area contributed by atoms with Crippen LogP contribution >= 0.6 is 0 Å². The van der Waals surface area contributed by atoms with Gasteiger partial charge in [0, 0.05) is 19.6 Å². The van der Waals surface area contributed by atoms with Gasteiger partial charge in [-0.1, -0.05) is 0 Å². The van der Waals surface area contributed by atoms with E-state index in [2.05, 4.69) is 19.8 Å². The second kappa shape index (κ2) is 5.41. The summed E-state index contributed by atoms with van der Waals surface area (Å²) in [6.45, 7) is 8.06. The highest BCUT2D eigenvalue weighted by Crippen LogP contribution is 2.27.